The van der Waals surface area contributed by atoms with Gasteiger partial charge in [-0.3, -0.25) is 9.59 Å². The summed E-state index contributed by atoms with van der Waals surface area (Å²) in [5.74, 6) is -1.06. The largest absolute Gasteiger partial charge is 0.346 e. The number of halogens is 2. The molecule has 1 atom stereocenters. The van der Waals surface area contributed by atoms with Crippen LogP contribution in [0.3, 0.4) is 0 Å². The van der Waals surface area contributed by atoms with E-state index in [4.69, 9.17) is 11.6 Å². The van der Waals surface area contributed by atoms with Crippen molar-refractivity contribution in [3.8, 4) is 16.9 Å². The summed E-state index contributed by atoms with van der Waals surface area (Å²) >= 11 is 6.00. The van der Waals surface area contributed by atoms with E-state index >= 15 is 0 Å². The Morgan fingerprint density at radius 1 is 0.972 bits per heavy atom. The number of carbonyl (C=O) groups is 2. The van der Waals surface area contributed by atoms with Crippen LogP contribution in [0, 0.1) is 11.7 Å². The van der Waals surface area contributed by atoms with Crippen molar-refractivity contribution in [1.82, 2.24) is 14.9 Å². The molecule has 1 aromatic heterocycles. The lowest BCUT2D eigenvalue weighted by Gasteiger charge is -2.16. The van der Waals surface area contributed by atoms with Gasteiger partial charge in [-0.15, -0.1) is 0 Å². The number of hydrogen-bond acceptors (Lipinski definition) is 3. The summed E-state index contributed by atoms with van der Waals surface area (Å²) in [5.41, 5.74) is 3.81. The predicted octanol–water partition coefficient (Wildman–Crippen LogP) is 6.42. The number of amides is 2. The first-order chi connectivity index (χ1) is 17.2. The number of rotatable bonds is 7. The molecular weight excluding hydrogens is 479 g/mol. The Balaban J connectivity index is 1.65. The van der Waals surface area contributed by atoms with Gasteiger partial charge in [-0.25, -0.2) is 9.37 Å². The summed E-state index contributed by atoms with van der Waals surface area (Å²) in [6.45, 7) is 5.42. The Morgan fingerprint density at radius 2 is 1.67 bits per heavy atom. The van der Waals surface area contributed by atoms with E-state index in [0.29, 0.717) is 27.5 Å². The van der Waals surface area contributed by atoms with Crippen LogP contribution in [-0.2, 0) is 4.79 Å². The Hall–Kier alpha value is -3.97. The van der Waals surface area contributed by atoms with Crippen LogP contribution in [0.4, 0.5) is 10.1 Å². The minimum atomic E-state index is -0.348. The van der Waals surface area contributed by atoms with Gasteiger partial charge in [-0.1, -0.05) is 37.6 Å². The minimum absolute atomic E-state index is 0.162. The molecule has 0 aliphatic carbocycles. The van der Waals surface area contributed by atoms with Crippen LogP contribution >= 0.6 is 11.6 Å². The van der Waals surface area contributed by atoms with Crippen molar-refractivity contribution in [2.24, 2.45) is 5.92 Å². The number of carbonyl (C=O) groups excluding carboxylic acids is 2. The van der Waals surface area contributed by atoms with Gasteiger partial charge >= 0.3 is 0 Å². The van der Waals surface area contributed by atoms with Crippen molar-refractivity contribution in [3.05, 3.63) is 101 Å². The highest BCUT2D eigenvalue weighted by molar-refractivity contribution is 6.30. The van der Waals surface area contributed by atoms with Crippen molar-refractivity contribution in [1.29, 1.82) is 0 Å². The van der Waals surface area contributed by atoms with Crippen LogP contribution in [0.25, 0.3) is 16.9 Å². The van der Waals surface area contributed by atoms with Crippen molar-refractivity contribution < 1.29 is 14.0 Å². The molecule has 4 aromatic rings. The van der Waals surface area contributed by atoms with Crippen molar-refractivity contribution in [2.75, 3.05) is 5.32 Å². The molecule has 0 fully saturated rings. The molecule has 0 saturated carbocycles. The Morgan fingerprint density at radius 3 is 2.33 bits per heavy atom. The van der Waals surface area contributed by atoms with Crippen molar-refractivity contribution in [3.63, 3.8) is 0 Å². The lowest BCUT2D eigenvalue weighted by atomic mass is 10.0. The first-order valence-electron chi connectivity index (χ1n) is 11.5. The maximum absolute atomic E-state index is 13.3. The first kappa shape index (κ1) is 25.1. The average Bonchev–Trinajstić information content (AvgIpc) is 3.35. The molecule has 2 N–H and O–H groups in total. The molecule has 2 amide bonds. The van der Waals surface area contributed by atoms with E-state index in [0.717, 1.165) is 11.3 Å². The summed E-state index contributed by atoms with van der Waals surface area (Å²) in [6, 6.07) is 18.1. The number of benzene rings is 3. The molecule has 0 saturated heterocycles. The maximum Gasteiger partial charge on any atom is 0.251 e. The maximum atomic E-state index is 13.3. The van der Waals surface area contributed by atoms with Crippen LogP contribution in [0.15, 0.2) is 79.3 Å². The van der Waals surface area contributed by atoms with E-state index < -0.39 is 0 Å². The summed E-state index contributed by atoms with van der Waals surface area (Å²) < 4.78 is 15.1. The van der Waals surface area contributed by atoms with E-state index in [1.54, 1.807) is 62.6 Å². The van der Waals surface area contributed by atoms with Gasteiger partial charge in [0.05, 0.1) is 18.1 Å². The number of hydrogen-bond donors (Lipinski definition) is 2. The highest BCUT2D eigenvalue weighted by atomic mass is 35.5. The van der Waals surface area contributed by atoms with Gasteiger partial charge < -0.3 is 15.2 Å². The molecule has 36 heavy (non-hydrogen) atoms. The molecule has 8 heteroatoms. The molecule has 0 bridgehead atoms. The molecule has 0 spiro atoms. The number of anilines is 1. The summed E-state index contributed by atoms with van der Waals surface area (Å²) in [5, 5.41) is 6.45. The van der Waals surface area contributed by atoms with Crippen LogP contribution < -0.4 is 10.6 Å². The monoisotopic (exact) mass is 504 g/mol. The Labute approximate surface area is 214 Å². The van der Waals surface area contributed by atoms with E-state index in [-0.39, 0.29) is 29.6 Å². The van der Waals surface area contributed by atoms with Crippen LogP contribution in [0.2, 0.25) is 5.02 Å². The van der Waals surface area contributed by atoms with Gasteiger partial charge in [0.25, 0.3) is 5.91 Å². The summed E-state index contributed by atoms with van der Waals surface area (Å²) in [4.78, 5) is 30.1. The molecule has 0 aliphatic heterocycles. The fourth-order valence-corrected chi connectivity index (χ4v) is 3.73. The minimum Gasteiger partial charge on any atom is -0.346 e. The molecule has 3 aromatic carbocycles. The molecule has 1 heterocycles. The number of nitrogens with zero attached hydrogens (tertiary/aromatic N) is 2. The lowest BCUT2D eigenvalue weighted by Crippen LogP contribution is -2.27. The highest BCUT2D eigenvalue weighted by Crippen LogP contribution is 2.26. The molecule has 6 nitrogen and oxygen atoms in total. The van der Waals surface area contributed by atoms with Gasteiger partial charge in [0.2, 0.25) is 5.91 Å². The highest BCUT2D eigenvalue weighted by Gasteiger charge is 2.17. The molecular formula is C28H26ClFN4O2. The van der Waals surface area contributed by atoms with Crippen LogP contribution in [0.5, 0.6) is 0 Å². The van der Waals surface area contributed by atoms with Crippen LogP contribution in [0.1, 0.15) is 42.7 Å². The van der Waals surface area contributed by atoms with Gasteiger partial charge in [-0.05, 0) is 67.1 Å². The predicted molar refractivity (Wildman–Crippen MR) is 140 cm³/mol. The first-order valence-corrected chi connectivity index (χ1v) is 11.9. The quantitative estimate of drug-likeness (QED) is 0.305. The summed E-state index contributed by atoms with van der Waals surface area (Å²) in [7, 11) is 0. The zero-order valence-corrected chi connectivity index (χ0v) is 20.9. The third-order valence-corrected chi connectivity index (χ3v) is 5.96. The average molecular weight is 505 g/mol. The zero-order valence-electron chi connectivity index (χ0n) is 20.1. The van der Waals surface area contributed by atoms with Gasteiger partial charge in [0.1, 0.15) is 5.82 Å². The Kier molecular flexibility index (Phi) is 7.50. The van der Waals surface area contributed by atoms with E-state index in [9.17, 15) is 14.0 Å². The number of nitrogens with one attached hydrogen (secondary N) is 2. The van der Waals surface area contributed by atoms with E-state index in [1.165, 1.54) is 12.1 Å². The van der Waals surface area contributed by atoms with E-state index in [2.05, 4.69) is 15.6 Å². The number of aromatic nitrogens is 2. The molecule has 0 aliphatic rings. The lowest BCUT2D eigenvalue weighted by molar-refractivity contribution is -0.118. The fourth-order valence-electron chi connectivity index (χ4n) is 3.61. The topological polar surface area (TPSA) is 76.0 Å². The van der Waals surface area contributed by atoms with Gasteiger partial charge in [-0.2, -0.15) is 0 Å². The zero-order chi connectivity index (χ0) is 25.8. The fraction of sp³-hybridized carbons (Fsp3) is 0.179. The smallest absolute Gasteiger partial charge is 0.251 e. The molecule has 0 radical (unpaired) electrons. The third-order valence-electron chi connectivity index (χ3n) is 5.71. The Bertz CT molecular complexity index is 1380. The molecule has 4 rings (SSSR count). The standard InChI is InChI=1S/C28H26ClFN4O2/c1-17(2)27(35)33-24-13-20(26-15-34(16-31-26)25-10-6-22(29)7-11-25)12-21(14-24)28(36)32-18(3)19-4-8-23(30)9-5-19/h4-18H,1-3H3,(H,32,36)(H,33,35)/t18-/m1/s1. The third kappa shape index (κ3) is 5.98. The SMILES string of the molecule is CC(C)C(=O)Nc1cc(C(=O)N[C@H](C)c2ccc(F)cc2)cc(-c2cn(-c3ccc(Cl)cc3)cn2)c1. The second-order valence-electron chi connectivity index (χ2n) is 8.83. The second-order valence-corrected chi connectivity index (χ2v) is 9.27. The summed E-state index contributed by atoms with van der Waals surface area (Å²) in [6.07, 6.45) is 3.52. The normalized spacial score (nSPS) is 11.8. The van der Waals surface area contributed by atoms with E-state index in [1.807, 2.05) is 29.8 Å². The van der Waals surface area contributed by atoms with Gasteiger partial charge in [0, 0.05) is 39.6 Å². The van der Waals surface area contributed by atoms with Crippen LogP contribution in [-0.4, -0.2) is 21.4 Å². The van der Waals surface area contributed by atoms with Crippen molar-refractivity contribution >= 4 is 29.1 Å². The molecule has 184 valence electrons. The van der Waals surface area contributed by atoms with Crippen molar-refractivity contribution in [2.45, 2.75) is 26.8 Å². The molecule has 0 unspecified atom stereocenters. The van der Waals surface area contributed by atoms with Gasteiger partial charge in [0.15, 0.2) is 0 Å². The number of imidazole rings is 1. The second kappa shape index (κ2) is 10.7.